The smallest absolute Gasteiger partial charge is 0.294 e. The van der Waals surface area contributed by atoms with Crippen molar-refractivity contribution in [1.82, 2.24) is 9.80 Å². The van der Waals surface area contributed by atoms with E-state index >= 15 is 0 Å². The Balaban J connectivity index is 1.52. The second kappa shape index (κ2) is 11.5. The van der Waals surface area contributed by atoms with Crippen molar-refractivity contribution in [2.24, 2.45) is 0 Å². The lowest BCUT2D eigenvalue weighted by molar-refractivity contribution is -0.135. The molecule has 2 fully saturated rings. The van der Waals surface area contributed by atoms with E-state index < -0.39 is 11.1 Å². The molecule has 2 aromatic carbocycles. The second-order valence-electron chi connectivity index (χ2n) is 8.33. The number of halogens is 1. The van der Waals surface area contributed by atoms with Crippen molar-refractivity contribution in [3.63, 3.8) is 0 Å². The highest BCUT2D eigenvalue weighted by molar-refractivity contribution is 14.1. The first-order valence-electron chi connectivity index (χ1n) is 11.5. The van der Waals surface area contributed by atoms with Crippen molar-refractivity contribution in [3.05, 3.63) is 61.6 Å². The summed E-state index contributed by atoms with van der Waals surface area (Å²) in [5, 5.41) is -0.424. The van der Waals surface area contributed by atoms with Gasteiger partial charge in [-0.2, -0.15) is 0 Å². The van der Waals surface area contributed by atoms with E-state index in [1.807, 2.05) is 50.2 Å². The van der Waals surface area contributed by atoms with Crippen molar-refractivity contribution >= 4 is 57.5 Å². The minimum atomic E-state index is -0.444. The lowest BCUT2D eigenvalue weighted by Gasteiger charge is -2.18. The lowest BCUT2D eigenvalue weighted by atomic mass is 10.1. The number of hydrogen-bond acceptors (Lipinski definition) is 6. The Morgan fingerprint density at radius 1 is 1.14 bits per heavy atom. The maximum absolute atomic E-state index is 12.9. The predicted molar refractivity (Wildman–Crippen MR) is 144 cm³/mol. The van der Waals surface area contributed by atoms with Crippen LogP contribution in [0, 0.1) is 10.5 Å². The summed E-state index contributed by atoms with van der Waals surface area (Å²) < 4.78 is 12.8. The molecule has 2 aliphatic rings. The highest BCUT2D eigenvalue weighted by Gasteiger charge is 2.37. The number of carbonyl (C=O) groups excluding carboxylic acids is 3. The molecule has 4 rings (SSSR count). The summed E-state index contributed by atoms with van der Waals surface area (Å²) >= 11 is 3.04. The van der Waals surface area contributed by atoms with E-state index in [4.69, 9.17) is 9.47 Å². The number of carbonyl (C=O) groups is 3. The predicted octanol–water partition coefficient (Wildman–Crippen LogP) is 5.24. The molecule has 9 heteroatoms. The molecule has 0 spiro atoms. The van der Waals surface area contributed by atoms with Gasteiger partial charge in [0, 0.05) is 13.1 Å². The molecule has 184 valence electrons. The lowest BCUT2D eigenvalue weighted by Crippen LogP contribution is -2.40. The Morgan fingerprint density at radius 2 is 1.89 bits per heavy atom. The SMILES string of the molecule is CCOc1cc(/C=C2\SC(=O)N(CC(=O)N3CCCC3)C2=O)cc(I)c1OCc1ccccc1C. The zero-order valence-electron chi connectivity index (χ0n) is 19.7. The zero-order valence-corrected chi connectivity index (χ0v) is 22.7. The summed E-state index contributed by atoms with van der Waals surface area (Å²) in [6, 6.07) is 11.7. The molecule has 0 saturated carbocycles. The Labute approximate surface area is 223 Å². The number of rotatable bonds is 8. The molecule has 0 aliphatic carbocycles. The third kappa shape index (κ3) is 6.00. The molecule has 2 aliphatic heterocycles. The Bertz CT molecular complexity index is 1180. The average Bonchev–Trinajstić information content (AvgIpc) is 3.45. The van der Waals surface area contributed by atoms with Crippen LogP contribution >= 0.6 is 34.4 Å². The van der Waals surface area contributed by atoms with Crippen molar-refractivity contribution in [2.75, 3.05) is 26.2 Å². The van der Waals surface area contributed by atoms with Gasteiger partial charge in [-0.05, 0) is 95.9 Å². The van der Waals surface area contributed by atoms with E-state index in [0.29, 0.717) is 37.8 Å². The number of aryl methyl sites for hydroxylation is 1. The quantitative estimate of drug-likeness (QED) is 0.303. The number of benzene rings is 2. The van der Waals surface area contributed by atoms with E-state index in [0.717, 1.165) is 49.8 Å². The van der Waals surface area contributed by atoms with Crippen LogP contribution in [0.2, 0.25) is 0 Å². The molecule has 35 heavy (non-hydrogen) atoms. The van der Waals surface area contributed by atoms with Gasteiger partial charge in [-0.3, -0.25) is 19.3 Å². The Kier molecular flexibility index (Phi) is 8.38. The van der Waals surface area contributed by atoms with Gasteiger partial charge in [0.25, 0.3) is 11.1 Å². The van der Waals surface area contributed by atoms with Gasteiger partial charge in [0.1, 0.15) is 13.2 Å². The first-order chi connectivity index (χ1) is 16.9. The van der Waals surface area contributed by atoms with Gasteiger partial charge < -0.3 is 14.4 Å². The number of thioether (sulfide) groups is 1. The van der Waals surface area contributed by atoms with Gasteiger partial charge in [-0.1, -0.05) is 24.3 Å². The number of imide groups is 1. The van der Waals surface area contributed by atoms with Gasteiger partial charge >= 0.3 is 0 Å². The van der Waals surface area contributed by atoms with Crippen molar-refractivity contribution in [3.8, 4) is 11.5 Å². The maximum Gasteiger partial charge on any atom is 0.294 e. The van der Waals surface area contributed by atoms with E-state index in [9.17, 15) is 14.4 Å². The second-order valence-corrected chi connectivity index (χ2v) is 10.5. The summed E-state index contributed by atoms with van der Waals surface area (Å²) in [5.74, 6) is 0.578. The first kappa shape index (κ1) is 25.6. The fraction of sp³-hybridized carbons (Fsp3) is 0.346. The normalized spacial score (nSPS) is 16.9. The summed E-state index contributed by atoms with van der Waals surface area (Å²) in [7, 11) is 0. The summed E-state index contributed by atoms with van der Waals surface area (Å²) in [6.45, 7) is 5.95. The molecule has 0 unspecified atom stereocenters. The van der Waals surface area contributed by atoms with Crippen LogP contribution in [-0.2, 0) is 16.2 Å². The molecule has 0 bridgehead atoms. The number of amides is 3. The molecule has 0 radical (unpaired) electrons. The molecular weight excluding hydrogens is 579 g/mol. The molecule has 2 aromatic rings. The van der Waals surface area contributed by atoms with Crippen molar-refractivity contribution in [1.29, 1.82) is 0 Å². The monoisotopic (exact) mass is 606 g/mol. The fourth-order valence-corrected chi connectivity index (χ4v) is 5.61. The van der Waals surface area contributed by atoms with Crippen LogP contribution in [0.3, 0.4) is 0 Å². The molecule has 0 aromatic heterocycles. The fourth-order valence-electron chi connectivity index (χ4n) is 3.99. The van der Waals surface area contributed by atoms with Crippen LogP contribution in [0.1, 0.15) is 36.5 Å². The van der Waals surface area contributed by atoms with E-state index in [-0.39, 0.29) is 17.4 Å². The van der Waals surface area contributed by atoms with E-state index in [1.165, 1.54) is 0 Å². The first-order valence-corrected chi connectivity index (χ1v) is 13.4. The summed E-state index contributed by atoms with van der Waals surface area (Å²) in [6.07, 6.45) is 3.58. The van der Waals surface area contributed by atoms with Gasteiger partial charge in [0.15, 0.2) is 11.5 Å². The minimum Gasteiger partial charge on any atom is -0.490 e. The number of nitrogens with zero attached hydrogens (tertiary/aromatic N) is 2. The van der Waals surface area contributed by atoms with Gasteiger partial charge in [0.2, 0.25) is 5.91 Å². The molecule has 0 N–H and O–H groups in total. The molecule has 2 heterocycles. The van der Waals surface area contributed by atoms with E-state index in [1.54, 1.807) is 11.0 Å². The highest BCUT2D eigenvalue weighted by Crippen LogP contribution is 2.38. The maximum atomic E-state index is 12.9. The van der Waals surface area contributed by atoms with Crippen molar-refractivity contribution in [2.45, 2.75) is 33.3 Å². The largest absolute Gasteiger partial charge is 0.490 e. The third-order valence-electron chi connectivity index (χ3n) is 5.89. The van der Waals surface area contributed by atoms with Gasteiger partial charge in [-0.25, -0.2) is 0 Å². The summed E-state index contributed by atoms with van der Waals surface area (Å²) in [4.78, 5) is 40.9. The molecule has 3 amide bonds. The standard InChI is InChI=1S/C26H27IN2O5S/c1-3-33-21-13-18(12-20(27)24(21)34-16-19-9-5-4-8-17(19)2)14-22-25(31)29(26(32)35-22)15-23(30)28-10-6-7-11-28/h4-5,8-9,12-14H,3,6-7,10-11,15-16H2,1-2H3/b22-14-. The molecule has 0 atom stereocenters. The number of hydrogen-bond donors (Lipinski definition) is 0. The van der Waals surface area contributed by atoms with Crippen LogP contribution in [-0.4, -0.2) is 53.1 Å². The number of likely N-dealkylation sites (tertiary alicyclic amines) is 1. The Morgan fingerprint density at radius 3 is 2.60 bits per heavy atom. The summed E-state index contributed by atoms with van der Waals surface area (Å²) in [5.41, 5.74) is 2.96. The number of ether oxygens (including phenoxy) is 2. The topological polar surface area (TPSA) is 76.2 Å². The molecule has 7 nitrogen and oxygen atoms in total. The van der Waals surface area contributed by atoms with Crippen LogP contribution in [0.15, 0.2) is 41.3 Å². The van der Waals surface area contributed by atoms with Crippen LogP contribution < -0.4 is 9.47 Å². The van der Waals surface area contributed by atoms with Gasteiger partial charge in [-0.15, -0.1) is 0 Å². The van der Waals surface area contributed by atoms with Crippen LogP contribution in [0.4, 0.5) is 4.79 Å². The zero-order chi connectivity index (χ0) is 24.9. The average molecular weight is 606 g/mol. The third-order valence-corrected chi connectivity index (χ3v) is 7.60. The van der Waals surface area contributed by atoms with Crippen molar-refractivity contribution < 1.29 is 23.9 Å². The molecular formula is C26H27IN2O5S. The minimum absolute atomic E-state index is 0.186. The van der Waals surface area contributed by atoms with Crippen LogP contribution in [0.5, 0.6) is 11.5 Å². The van der Waals surface area contributed by atoms with Crippen LogP contribution in [0.25, 0.3) is 6.08 Å². The Hall–Kier alpha value is -2.53. The highest BCUT2D eigenvalue weighted by atomic mass is 127. The van der Waals surface area contributed by atoms with Gasteiger partial charge in [0.05, 0.1) is 15.1 Å². The van der Waals surface area contributed by atoms with E-state index in [2.05, 4.69) is 22.6 Å². The molecule has 2 saturated heterocycles.